The van der Waals surface area contributed by atoms with E-state index < -0.39 is 5.60 Å². The van der Waals surface area contributed by atoms with Gasteiger partial charge in [0.25, 0.3) is 5.91 Å². The molecule has 3 nitrogen and oxygen atoms in total. The van der Waals surface area contributed by atoms with Gasteiger partial charge in [0.05, 0.1) is 5.69 Å². The van der Waals surface area contributed by atoms with Crippen molar-refractivity contribution in [2.75, 3.05) is 5.32 Å². The minimum atomic E-state index is -0.519. The van der Waals surface area contributed by atoms with E-state index in [1.165, 1.54) is 0 Å². The van der Waals surface area contributed by atoms with Crippen molar-refractivity contribution in [2.45, 2.75) is 18.4 Å². The Morgan fingerprint density at radius 1 is 1.31 bits per heavy atom. The van der Waals surface area contributed by atoms with E-state index in [-0.39, 0.29) is 5.91 Å². The highest BCUT2D eigenvalue weighted by molar-refractivity contribution is 6.02. The van der Waals surface area contributed by atoms with Crippen LogP contribution in [0.5, 0.6) is 5.75 Å². The highest BCUT2D eigenvalue weighted by atomic mass is 16.5. The molecule has 0 radical (unpaired) electrons. The van der Waals surface area contributed by atoms with Gasteiger partial charge in [-0.25, -0.2) is 0 Å². The van der Waals surface area contributed by atoms with E-state index in [0.29, 0.717) is 0 Å². The zero-order chi connectivity index (χ0) is 8.89. The summed E-state index contributed by atoms with van der Waals surface area (Å²) in [5.41, 5.74) is 0.263. The summed E-state index contributed by atoms with van der Waals surface area (Å²) in [7, 11) is 0. The molecule has 1 amide bonds. The van der Waals surface area contributed by atoms with Crippen LogP contribution in [0.1, 0.15) is 12.8 Å². The molecule has 1 aromatic rings. The van der Waals surface area contributed by atoms with Crippen molar-refractivity contribution in [3.05, 3.63) is 24.3 Å². The summed E-state index contributed by atoms with van der Waals surface area (Å²) in [5.74, 6) is 0.797. The molecule has 1 aliphatic carbocycles. The van der Waals surface area contributed by atoms with Gasteiger partial charge in [0, 0.05) is 12.8 Å². The van der Waals surface area contributed by atoms with Crippen molar-refractivity contribution >= 4 is 11.6 Å². The van der Waals surface area contributed by atoms with Crippen molar-refractivity contribution in [3.63, 3.8) is 0 Å². The van der Waals surface area contributed by atoms with Gasteiger partial charge in [0.2, 0.25) is 0 Å². The van der Waals surface area contributed by atoms with Crippen LogP contribution in [0.3, 0.4) is 0 Å². The number of benzene rings is 1. The maximum absolute atomic E-state index is 11.5. The predicted octanol–water partition coefficient (Wildman–Crippen LogP) is 1.55. The molecule has 0 unspecified atom stereocenters. The summed E-state index contributed by atoms with van der Waals surface area (Å²) in [6, 6.07) is 7.52. The van der Waals surface area contributed by atoms with Crippen LogP contribution >= 0.6 is 0 Å². The standard InChI is InChI=1S/C10H9NO2/c12-9-10(5-6-10)13-8-4-2-1-3-7(8)11-9/h1-4H,5-6H2,(H,11,12). The third kappa shape index (κ3) is 0.869. The first-order chi connectivity index (χ1) is 6.30. The summed E-state index contributed by atoms with van der Waals surface area (Å²) in [6.45, 7) is 0. The molecular weight excluding hydrogens is 166 g/mol. The average molecular weight is 175 g/mol. The Labute approximate surface area is 75.7 Å². The fraction of sp³-hybridized carbons (Fsp3) is 0.300. The van der Waals surface area contributed by atoms with Crippen LogP contribution in [0.4, 0.5) is 5.69 Å². The first-order valence-electron chi connectivity index (χ1n) is 4.40. The molecule has 0 aromatic heterocycles. The molecule has 13 heavy (non-hydrogen) atoms. The van der Waals surface area contributed by atoms with Gasteiger partial charge in [0.1, 0.15) is 5.75 Å². The second-order valence-electron chi connectivity index (χ2n) is 3.55. The number of carbonyl (C=O) groups excluding carboxylic acids is 1. The van der Waals surface area contributed by atoms with Gasteiger partial charge in [-0.1, -0.05) is 12.1 Å². The summed E-state index contributed by atoms with van der Waals surface area (Å²) >= 11 is 0. The van der Waals surface area contributed by atoms with Crippen LogP contribution in [0, 0.1) is 0 Å². The molecule has 1 aliphatic heterocycles. The van der Waals surface area contributed by atoms with Gasteiger partial charge in [-0.2, -0.15) is 0 Å². The Bertz CT molecular complexity index is 382. The molecule has 1 aromatic carbocycles. The molecule has 0 saturated heterocycles. The maximum Gasteiger partial charge on any atom is 0.268 e. The zero-order valence-corrected chi connectivity index (χ0v) is 7.04. The quantitative estimate of drug-likeness (QED) is 0.649. The molecule has 3 heteroatoms. The normalized spacial score (nSPS) is 21.7. The predicted molar refractivity (Wildman–Crippen MR) is 47.7 cm³/mol. The van der Waals surface area contributed by atoms with Crippen molar-refractivity contribution in [2.24, 2.45) is 0 Å². The number of ether oxygens (including phenoxy) is 1. The van der Waals surface area contributed by atoms with E-state index in [1.54, 1.807) is 0 Å². The molecule has 3 rings (SSSR count). The minimum Gasteiger partial charge on any atom is -0.475 e. The molecule has 1 saturated carbocycles. The smallest absolute Gasteiger partial charge is 0.268 e. The fourth-order valence-corrected chi connectivity index (χ4v) is 1.59. The van der Waals surface area contributed by atoms with E-state index in [9.17, 15) is 4.79 Å². The second-order valence-corrected chi connectivity index (χ2v) is 3.55. The Kier molecular flexibility index (Phi) is 1.09. The van der Waals surface area contributed by atoms with Crippen molar-refractivity contribution in [1.29, 1.82) is 0 Å². The molecule has 1 heterocycles. The topological polar surface area (TPSA) is 38.3 Å². The van der Waals surface area contributed by atoms with Gasteiger partial charge in [-0.05, 0) is 12.1 Å². The summed E-state index contributed by atoms with van der Waals surface area (Å²) in [5, 5.41) is 2.85. The number of hydrogen-bond donors (Lipinski definition) is 1. The van der Waals surface area contributed by atoms with Crippen LogP contribution in [0.25, 0.3) is 0 Å². The lowest BCUT2D eigenvalue weighted by atomic mass is 10.2. The lowest BCUT2D eigenvalue weighted by Gasteiger charge is -2.25. The molecule has 0 bridgehead atoms. The summed E-state index contributed by atoms with van der Waals surface area (Å²) in [4.78, 5) is 11.5. The molecule has 66 valence electrons. The van der Waals surface area contributed by atoms with E-state index >= 15 is 0 Å². The number of hydrogen-bond acceptors (Lipinski definition) is 2. The minimum absolute atomic E-state index is 0.00574. The van der Waals surface area contributed by atoms with Crippen molar-refractivity contribution < 1.29 is 9.53 Å². The average Bonchev–Trinajstić information content (AvgIpc) is 2.88. The SMILES string of the molecule is O=C1Nc2ccccc2OC12CC2. The highest BCUT2D eigenvalue weighted by Crippen LogP contribution is 2.46. The Morgan fingerprint density at radius 2 is 2.08 bits per heavy atom. The number of fused-ring (bicyclic) bond motifs is 1. The monoisotopic (exact) mass is 175 g/mol. The van der Waals surface area contributed by atoms with Crippen LogP contribution in [0.15, 0.2) is 24.3 Å². The van der Waals surface area contributed by atoms with E-state index in [0.717, 1.165) is 24.3 Å². The lowest BCUT2D eigenvalue weighted by Crippen LogP contribution is -2.38. The van der Waals surface area contributed by atoms with Gasteiger partial charge >= 0.3 is 0 Å². The number of anilines is 1. The van der Waals surface area contributed by atoms with Gasteiger partial charge in [-0.3, -0.25) is 4.79 Å². The van der Waals surface area contributed by atoms with Gasteiger partial charge < -0.3 is 10.1 Å². The number of carbonyl (C=O) groups is 1. The Hall–Kier alpha value is -1.51. The van der Waals surface area contributed by atoms with Crippen molar-refractivity contribution in [1.82, 2.24) is 0 Å². The Balaban J connectivity index is 2.07. The molecule has 1 N–H and O–H groups in total. The zero-order valence-electron chi connectivity index (χ0n) is 7.04. The third-order valence-electron chi connectivity index (χ3n) is 2.56. The van der Waals surface area contributed by atoms with Crippen LogP contribution < -0.4 is 10.1 Å². The first-order valence-corrected chi connectivity index (χ1v) is 4.40. The van der Waals surface area contributed by atoms with Crippen LogP contribution in [-0.4, -0.2) is 11.5 Å². The number of rotatable bonds is 0. The second kappa shape index (κ2) is 2.05. The summed E-state index contributed by atoms with van der Waals surface area (Å²) < 4.78 is 5.63. The van der Waals surface area contributed by atoms with Crippen molar-refractivity contribution in [3.8, 4) is 5.75 Å². The van der Waals surface area contributed by atoms with Gasteiger partial charge in [0.15, 0.2) is 5.60 Å². The fourth-order valence-electron chi connectivity index (χ4n) is 1.59. The number of para-hydroxylation sites is 2. The Morgan fingerprint density at radius 3 is 2.85 bits per heavy atom. The lowest BCUT2D eigenvalue weighted by molar-refractivity contribution is -0.125. The third-order valence-corrected chi connectivity index (χ3v) is 2.56. The van der Waals surface area contributed by atoms with E-state index in [1.807, 2.05) is 24.3 Å². The van der Waals surface area contributed by atoms with Crippen LogP contribution in [0.2, 0.25) is 0 Å². The molecule has 2 aliphatic rings. The van der Waals surface area contributed by atoms with E-state index in [2.05, 4.69) is 5.32 Å². The molecule has 1 spiro atoms. The molecule has 0 atom stereocenters. The molecular formula is C10H9NO2. The summed E-state index contributed by atoms with van der Waals surface area (Å²) in [6.07, 6.45) is 1.68. The first kappa shape index (κ1) is 6.95. The molecule has 1 fully saturated rings. The largest absolute Gasteiger partial charge is 0.475 e. The number of amides is 1. The highest BCUT2D eigenvalue weighted by Gasteiger charge is 2.55. The van der Waals surface area contributed by atoms with Gasteiger partial charge in [-0.15, -0.1) is 0 Å². The maximum atomic E-state index is 11.5. The number of nitrogens with one attached hydrogen (secondary N) is 1. The van der Waals surface area contributed by atoms with E-state index in [4.69, 9.17) is 4.74 Å². The van der Waals surface area contributed by atoms with Crippen LogP contribution in [-0.2, 0) is 4.79 Å².